The third-order valence-corrected chi connectivity index (χ3v) is 4.48. The van der Waals surface area contributed by atoms with Crippen LogP contribution in [0.3, 0.4) is 0 Å². The number of hydrogen-bond acceptors (Lipinski definition) is 0. The second-order valence-corrected chi connectivity index (χ2v) is 5.58. The smallest absolute Gasteiger partial charge is 0.00740 e. The second kappa shape index (κ2) is 3.69. The van der Waals surface area contributed by atoms with Crippen LogP contribution in [0.4, 0.5) is 0 Å². The van der Waals surface area contributed by atoms with E-state index in [9.17, 15) is 0 Å². The van der Waals surface area contributed by atoms with E-state index in [1.807, 2.05) is 0 Å². The average Bonchev–Trinajstić information content (AvgIpc) is 1.65. The SMILES string of the molecule is CCP(Cl)C(C)C. The van der Waals surface area contributed by atoms with Crippen molar-refractivity contribution < 1.29 is 0 Å². The topological polar surface area (TPSA) is 0 Å². The van der Waals surface area contributed by atoms with Gasteiger partial charge in [-0.1, -0.05) is 32.0 Å². The first-order valence-electron chi connectivity index (χ1n) is 2.61. The van der Waals surface area contributed by atoms with Gasteiger partial charge in [-0.2, -0.15) is 0 Å². The van der Waals surface area contributed by atoms with Crippen LogP contribution in [0.2, 0.25) is 0 Å². The van der Waals surface area contributed by atoms with Crippen molar-refractivity contribution in [2.75, 3.05) is 6.16 Å². The van der Waals surface area contributed by atoms with E-state index in [-0.39, 0.29) is 7.27 Å². The Hall–Kier alpha value is 0.720. The van der Waals surface area contributed by atoms with Crippen LogP contribution in [0.25, 0.3) is 0 Å². The van der Waals surface area contributed by atoms with Crippen molar-refractivity contribution in [1.29, 1.82) is 0 Å². The average molecular weight is 139 g/mol. The van der Waals surface area contributed by atoms with Gasteiger partial charge in [0.05, 0.1) is 0 Å². The van der Waals surface area contributed by atoms with E-state index < -0.39 is 0 Å². The minimum atomic E-state index is -0.165. The van der Waals surface area contributed by atoms with E-state index in [2.05, 4.69) is 20.8 Å². The summed E-state index contributed by atoms with van der Waals surface area (Å²) in [5.74, 6) is 0. The van der Waals surface area contributed by atoms with E-state index in [0.29, 0.717) is 5.66 Å². The van der Waals surface area contributed by atoms with Crippen molar-refractivity contribution in [2.24, 2.45) is 0 Å². The Labute approximate surface area is 51.8 Å². The Morgan fingerprint density at radius 3 is 2.00 bits per heavy atom. The Morgan fingerprint density at radius 2 is 2.00 bits per heavy atom. The molecule has 7 heavy (non-hydrogen) atoms. The zero-order valence-corrected chi connectivity index (χ0v) is 6.76. The van der Waals surface area contributed by atoms with E-state index in [1.165, 1.54) is 0 Å². The summed E-state index contributed by atoms with van der Waals surface area (Å²) in [5, 5.41) is 0. The lowest BCUT2D eigenvalue weighted by atomic mass is 10.6. The molecule has 0 aliphatic carbocycles. The van der Waals surface area contributed by atoms with Crippen molar-refractivity contribution in [1.82, 2.24) is 0 Å². The summed E-state index contributed by atoms with van der Waals surface area (Å²) in [6.45, 7) is 6.48. The van der Waals surface area contributed by atoms with Crippen LogP contribution >= 0.6 is 18.5 Å². The van der Waals surface area contributed by atoms with E-state index >= 15 is 0 Å². The summed E-state index contributed by atoms with van der Waals surface area (Å²) in [5.41, 5.74) is 0.696. The molecule has 1 atom stereocenters. The molecule has 0 aromatic heterocycles. The molecular weight excluding hydrogens is 126 g/mol. The third-order valence-electron chi connectivity index (χ3n) is 0.862. The van der Waals surface area contributed by atoms with Crippen LogP contribution in [0.5, 0.6) is 0 Å². The number of hydrogen-bond donors (Lipinski definition) is 0. The molecule has 0 aliphatic heterocycles. The van der Waals surface area contributed by atoms with E-state index in [0.717, 1.165) is 6.16 Å². The van der Waals surface area contributed by atoms with Crippen molar-refractivity contribution in [3.05, 3.63) is 0 Å². The van der Waals surface area contributed by atoms with Gasteiger partial charge >= 0.3 is 0 Å². The standard InChI is InChI=1S/C5H12ClP/c1-4-7(6)5(2)3/h5H,4H2,1-3H3. The maximum absolute atomic E-state index is 5.86. The fourth-order valence-electron chi connectivity index (χ4n) is 0.365. The third kappa shape index (κ3) is 3.32. The zero-order chi connectivity index (χ0) is 5.86. The molecule has 0 amide bonds. The molecule has 0 saturated carbocycles. The highest BCUT2D eigenvalue weighted by atomic mass is 35.7. The van der Waals surface area contributed by atoms with Crippen LogP contribution in [0, 0.1) is 0 Å². The summed E-state index contributed by atoms with van der Waals surface area (Å²) in [7, 11) is -0.165. The van der Waals surface area contributed by atoms with Gasteiger partial charge in [0, 0.05) is 0 Å². The zero-order valence-electron chi connectivity index (χ0n) is 5.11. The molecule has 0 aromatic rings. The summed E-state index contributed by atoms with van der Waals surface area (Å²) < 4.78 is 0. The molecule has 0 N–H and O–H groups in total. The number of rotatable bonds is 2. The Kier molecular flexibility index (Phi) is 4.07. The van der Waals surface area contributed by atoms with Gasteiger partial charge in [0.2, 0.25) is 0 Å². The Balaban J connectivity index is 3.14. The lowest BCUT2D eigenvalue weighted by molar-refractivity contribution is 1.09. The molecule has 0 radical (unpaired) electrons. The first kappa shape index (κ1) is 7.72. The van der Waals surface area contributed by atoms with Crippen molar-refractivity contribution in [3.8, 4) is 0 Å². The molecule has 44 valence electrons. The molecule has 0 saturated heterocycles. The summed E-state index contributed by atoms with van der Waals surface area (Å²) in [6, 6.07) is 0. The van der Waals surface area contributed by atoms with Gasteiger partial charge in [0.25, 0.3) is 0 Å². The first-order valence-corrected chi connectivity index (χ1v) is 5.11. The summed E-state index contributed by atoms with van der Waals surface area (Å²) in [6.07, 6.45) is 1.15. The molecular formula is C5H12ClP. The second-order valence-electron chi connectivity index (χ2n) is 1.81. The van der Waals surface area contributed by atoms with Gasteiger partial charge in [0.15, 0.2) is 0 Å². The van der Waals surface area contributed by atoms with Crippen LogP contribution in [-0.2, 0) is 0 Å². The van der Waals surface area contributed by atoms with Gasteiger partial charge in [0.1, 0.15) is 0 Å². The summed E-state index contributed by atoms with van der Waals surface area (Å²) >= 11 is 5.86. The highest BCUT2D eigenvalue weighted by Crippen LogP contribution is 2.45. The minimum Gasteiger partial charge on any atom is -0.0962 e. The Bertz CT molecular complexity index is 45.3. The van der Waals surface area contributed by atoms with Crippen molar-refractivity contribution in [2.45, 2.75) is 26.4 Å². The normalized spacial score (nSPS) is 15.0. The van der Waals surface area contributed by atoms with Gasteiger partial charge in [-0.3, -0.25) is 0 Å². The number of halogens is 1. The quantitative estimate of drug-likeness (QED) is 0.515. The minimum absolute atomic E-state index is 0.165. The van der Waals surface area contributed by atoms with Crippen molar-refractivity contribution >= 4 is 18.5 Å². The van der Waals surface area contributed by atoms with Gasteiger partial charge in [-0.05, 0) is 19.1 Å². The monoisotopic (exact) mass is 138 g/mol. The molecule has 0 nitrogen and oxygen atoms in total. The van der Waals surface area contributed by atoms with E-state index in [4.69, 9.17) is 11.2 Å². The van der Waals surface area contributed by atoms with Gasteiger partial charge in [-0.25, -0.2) is 0 Å². The highest BCUT2D eigenvalue weighted by Gasteiger charge is 2.03. The fraction of sp³-hybridized carbons (Fsp3) is 1.00. The first-order chi connectivity index (χ1) is 3.18. The maximum atomic E-state index is 5.86. The predicted octanol–water partition coefficient (Wildman–Crippen LogP) is 3.05. The molecule has 0 aromatic carbocycles. The van der Waals surface area contributed by atoms with Gasteiger partial charge in [-0.15, -0.1) is 0 Å². The molecule has 2 heteroatoms. The lowest BCUT2D eigenvalue weighted by Crippen LogP contribution is -1.87. The molecule has 0 aliphatic rings. The van der Waals surface area contributed by atoms with E-state index in [1.54, 1.807) is 0 Å². The summed E-state index contributed by atoms with van der Waals surface area (Å²) in [4.78, 5) is 0. The highest BCUT2D eigenvalue weighted by molar-refractivity contribution is 7.84. The maximum Gasteiger partial charge on any atom is -0.00740 e. The van der Waals surface area contributed by atoms with Crippen LogP contribution in [0.15, 0.2) is 0 Å². The van der Waals surface area contributed by atoms with Crippen molar-refractivity contribution in [3.63, 3.8) is 0 Å². The Morgan fingerprint density at radius 1 is 1.57 bits per heavy atom. The molecule has 0 fully saturated rings. The van der Waals surface area contributed by atoms with Crippen LogP contribution < -0.4 is 0 Å². The molecule has 0 spiro atoms. The predicted molar refractivity (Wildman–Crippen MR) is 38.5 cm³/mol. The van der Waals surface area contributed by atoms with Crippen LogP contribution in [-0.4, -0.2) is 11.8 Å². The fourth-order valence-corrected chi connectivity index (χ4v) is 1.10. The lowest BCUT2D eigenvalue weighted by Gasteiger charge is -2.08. The van der Waals surface area contributed by atoms with Gasteiger partial charge < -0.3 is 0 Å². The largest absolute Gasteiger partial charge is 0.0962 e. The molecule has 0 rings (SSSR count). The molecule has 0 heterocycles. The van der Waals surface area contributed by atoms with Crippen LogP contribution in [0.1, 0.15) is 20.8 Å². The molecule has 0 bridgehead atoms. The molecule has 1 unspecified atom stereocenters.